The molecule has 1 heterocycles. The molecule has 0 saturated heterocycles. The number of aromatic nitrogens is 1. The van der Waals surface area contributed by atoms with Crippen LogP contribution >= 0.6 is 0 Å². The highest BCUT2D eigenvalue weighted by molar-refractivity contribution is 5.83. The Morgan fingerprint density at radius 1 is 1.29 bits per heavy atom. The molecule has 0 N–H and O–H groups in total. The van der Waals surface area contributed by atoms with Crippen molar-refractivity contribution < 1.29 is 0 Å². The topological polar surface area (TPSA) is 4.93 Å². The molecule has 2 rings (SSSR count). The van der Waals surface area contributed by atoms with Crippen molar-refractivity contribution in [2.45, 2.75) is 20.3 Å². The summed E-state index contributed by atoms with van der Waals surface area (Å²) in [5.74, 6) is 0. The van der Waals surface area contributed by atoms with Crippen LogP contribution in [0.5, 0.6) is 0 Å². The molecule has 0 aliphatic carbocycles. The van der Waals surface area contributed by atoms with Crippen LogP contribution in [0.1, 0.15) is 19.0 Å². The van der Waals surface area contributed by atoms with E-state index in [2.05, 4.69) is 61.0 Å². The first-order chi connectivity index (χ1) is 6.83. The summed E-state index contributed by atoms with van der Waals surface area (Å²) in [4.78, 5) is 0. The van der Waals surface area contributed by atoms with Crippen molar-refractivity contribution in [2.24, 2.45) is 0 Å². The number of benzene rings is 1. The van der Waals surface area contributed by atoms with Gasteiger partial charge in [-0.2, -0.15) is 0 Å². The van der Waals surface area contributed by atoms with Crippen LogP contribution < -0.4 is 0 Å². The van der Waals surface area contributed by atoms with E-state index in [0.717, 1.165) is 6.42 Å². The van der Waals surface area contributed by atoms with Crippen molar-refractivity contribution in [3.05, 3.63) is 42.1 Å². The van der Waals surface area contributed by atoms with Gasteiger partial charge in [-0.1, -0.05) is 31.2 Å². The quantitative estimate of drug-likeness (QED) is 0.670. The lowest BCUT2D eigenvalue weighted by Gasteiger charge is -1.99. The number of fused-ring (bicyclic) bond motifs is 1. The fourth-order valence-electron chi connectivity index (χ4n) is 1.72. The molecule has 1 heteroatoms. The van der Waals surface area contributed by atoms with E-state index in [1.54, 1.807) is 0 Å². The van der Waals surface area contributed by atoms with Crippen molar-refractivity contribution in [3.8, 4) is 0 Å². The Labute approximate surface area is 84.7 Å². The standard InChI is InChI=1S/C13H15N/c1-3-4-9-14-11(2)10-12-7-5-6-8-13(12)14/h4-10H,3H2,1-2H3. The maximum absolute atomic E-state index is 2.23. The van der Waals surface area contributed by atoms with Gasteiger partial charge in [0.25, 0.3) is 0 Å². The number of hydrogen-bond acceptors (Lipinski definition) is 0. The fraction of sp³-hybridized carbons (Fsp3) is 0.231. The molecule has 0 spiro atoms. The van der Waals surface area contributed by atoms with E-state index in [4.69, 9.17) is 0 Å². The van der Waals surface area contributed by atoms with Crippen LogP contribution in [0.25, 0.3) is 17.1 Å². The molecule has 0 fully saturated rings. The van der Waals surface area contributed by atoms with E-state index in [9.17, 15) is 0 Å². The number of nitrogens with zero attached hydrogens (tertiary/aromatic N) is 1. The summed E-state index contributed by atoms with van der Waals surface area (Å²) in [5.41, 5.74) is 2.57. The minimum Gasteiger partial charge on any atom is -0.321 e. The van der Waals surface area contributed by atoms with Gasteiger partial charge in [0, 0.05) is 17.3 Å². The summed E-state index contributed by atoms with van der Waals surface area (Å²) in [6, 6.07) is 10.7. The number of rotatable bonds is 2. The minimum absolute atomic E-state index is 1.08. The number of aryl methyl sites for hydroxylation is 1. The second-order valence-corrected chi connectivity index (χ2v) is 3.51. The summed E-state index contributed by atoms with van der Waals surface area (Å²) < 4.78 is 2.23. The fourth-order valence-corrected chi connectivity index (χ4v) is 1.72. The van der Waals surface area contributed by atoms with Crippen LogP contribution in [-0.2, 0) is 0 Å². The van der Waals surface area contributed by atoms with Gasteiger partial charge in [0.05, 0.1) is 5.52 Å². The molecule has 2 aromatic rings. The Balaban J connectivity index is 2.62. The van der Waals surface area contributed by atoms with Crippen LogP contribution in [0.2, 0.25) is 0 Å². The second kappa shape index (κ2) is 3.70. The third kappa shape index (κ3) is 1.46. The third-order valence-electron chi connectivity index (χ3n) is 2.43. The lowest BCUT2D eigenvalue weighted by atomic mass is 10.2. The monoisotopic (exact) mass is 185 g/mol. The number of allylic oxidation sites excluding steroid dienone is 1. The van der Waals surface area contributed by atoms with Crippen molar-refractivity contribution in [1.29, 1.82) is 0 Å². The Bertz CT molecular complexity index is 463. The van der Waals surface area contributed by atoms with Crippen LogP contribution in [0.3, 0.4) is 0 Å². The molecule has 1 nitrogen and oxygen atoms in total. The van der Waals surface area contributed by atoms with E-state index in [0.29, 0.717) is 0 Å². The summed E-state index contributed by atoms with van der Waals surface area (Å²) >= 11 is 0. The molecule has 1 aromatic heterocycles. The SMILES string of the molecule is CCC=Cn1c(C)cc2ccccc21. The van der Waals surface area contributed by atoms with Gasteiger partial charge < -0.3 is 4.57 Å². The van der Waals surface area contributed by atoms with Gasteiger partial charge >= 0.3 is 0 Å². The van der Waals surface area contributed by atoms with E-state index in [1.807, 2.05) is 0 Å². The Morgan fingerprint density at radius 3 is 2.86 bits per heavy atom. The average molecular weight is 185 g/mol. The maximum atomic E-state index is 2.23. The zero-order valence-corrected chi connectivity index (χ0v) is 8.70. The van der Waals surface area contributed by atoms with Crippen molar-refractivity contribution in [1.82, 2.24) is 4.57 Å². The number of hydrogen-bond donors (Lipinski definition) is 0. The molecule has 0 radical (unpaired) electrons. The summed E-state index contributed by atoms with van der Waals surface area (Å²) in [6.07, 6.45) is 5.41. The maximum Gasteiger partial charge on any atom is 0.0525 e. The first-order valence-corrected chi connectivity index (χ1v) is 5.06. The highest BCUT2D eigenvalue weighted by Gasteiger charge is 2.00. The van der Waals surface area contributed by atoms with E-state index >= 15 is 0 Å². The first-order valence-electron chi connectivity index (χ1n) is 5.06. The summed E-state index contributed by atoms with van der Waals surface area (Å²) in [5, 5.41) is 1.31. The third-order valence-corrected chi connectivity index (χ3v) is 2.43. The van der Waals surface area contributed by atoms with Gasteiger partial charge in [-0.3, -0.25) is 0 Å². The lowest BCUT2D eigenvalue weighted by molar-refractivity contribution is 1.11. The summed E-state index contributed by atoms with van der Waals surface area (Å²) in [6.45, 7) is 4.29. The highest BCUT2D eigenvalue weighted by atomic mass is 15.0. The predicted octanol–water partition coefficient (Wildman–Crippen LogP) is 3.83. The van der Waals surface area contributed by atoms with Crippen molar-refractivity contribution in [3.63, 3.8) is 0 Å². The van der Waals surface area contributed by atoms with Crippen LogP contribution in [0.4, 0.5) is 0 Å². The van der Waals surface area contributed by atoms with Crippen LogP contribution in [-0.4, -0.2) is 4.57 Å². The molecule has 0 unspecified atom stereocenters. The lowest BCUT2D eigenvalue weighted by Crippen LogP contribution is -1.87. The molecule has 0 amide bonds. The zero-order valence-electron chi connectivity index (χ0n) is 8.70. The Morgan fingerprint density at radius 2 is 2.07 bits per heavy atom. The van der Waals surface area contributed by atoms with E-state index in [-0.39, 0.29) is 0 Å². The Kier molecular flexibility index (Phi) is 2.40. The molecule has 0 atom stereocenters. The minimum atomic E-state index is 1.08. The molecule has 1 aromatic carbocycles. The molecule has 0 aliphatic heterocycles. The summed E-state index contributed by atoms with van der Waals surface area (Å²) in [7, 11) is 0. The van der Waals surface area contributed by atoms with Crippen molar-refractivity contribution in [2.75, 3.05) is 0 Å². The van der Waals surface area contributed by atoms with E-state index < -0.39 is 0 Å². The largest absolute Gasteiger partial charge is 0.321 e. The molecule has 72 valence electrons. The molecular weight excluding hydrogens is 170 g/mol. The van der Waals surface area contributed by atoms with Gasteiger partial charge in [0.2, 0.25) is 0 Å². The smallest absolute Gasteiger partial charge is 0.0525 e. The molecule has 14 heavy (non-hydrogen) atoms. The Hall–Kier alpha value is -1.50. The molecule has 0 bridgehead atoms. The average Bonchev–Trinajstić information content (AvgIpc) is 2.51. The predicted molar refractivity (Wildman–Crippen MR) is 62.3 cm³/mol. The van der Waals surface area contributed by atoms with Gasteiger partial charge in [0.15, 0.2) is 0 Å². The normalized spacial score (nSPS) is 11.6. The van der Waals surface area contributed by atoms with Gasteiger partial charge in [-0.15, -0.1) is 0 Å². The van der Waals surface area contributed by atoms with Crippen LogP contribution in [0, 0.1) is 6.92 Å². The molecule has 0 aliphatic rings. The van der Waals surface area contributed by atoms with Gasteiger partial charge in [-0.25, -0.2) is 0 Å². The van der Waals surface area contributed by atoms with Crippen LogP contribution in [0.15, 0.2) is 36.4 Å². The second-order valence-electron chi connectivity index (χ2n) is 3.51. The molecule has 0 saturated carbocycles. The highest BCUT2D eigenvalue weighted by Crippen LogP contribution is 2.19. The van der Waals surface area contributed by atoms with Gasteiger partial charge in [-0.05, 0) is 25.5 Å². The number of para-hydroxylation sites is 1. The van der Waals surface area contributed by atoms with Gasteiger partial charge in [0.1, 0.15) is 0 Å². The van der Waals surface area contributed by atoms with E-state index in [1.165, 1.54) is 16.6 Å². The zero-order chi connectivity index (χ0) is 9.97. The first kappa shape index (κ1) is 9.07. The van der Waals surface area contributed by atoms with Crippen molar-refractivity contribution >= 4 is 17.1 Å². The molecular formula is C13H15N.